The second-order valence-electron chi connectivity index (χ2n) is 7.12. The zero-order valence-corrected chi connectivity index (χ0v) is 18.5. The van der Waals surface area contributed by atoms with Gasteiger partial charge < -0.3 is 10.6 Å². The number of fused-ring (bicyclic) bond motifs is 1. The molecule has 0 radical (unpaired) electrons. The number of halogens is 2. The van der Waals surface area contributed by atoms with E-state index in [1.807, 2.05) is 10.7 Å². The fourth-order valence-corrected chi connectivity index (χ4v) is 3.94. The number of pyridine rings is 1. The van der Waals surface area contributed by atoms with E-state index >= 15 is 0 Å². The Bertz CT molecular complexity index is 965. The minimum Gasteiger partial charge on any atom is -0.352 e. The molecule has 1 aliphatic heterocycles. The molecule has 0 saturated carbocycles. The Balaban J connectivity index is 0.00000140. The monoisotopic (exact) mass is 441 g/mol. The largest absolute Gasteiger partial charge is 0.352 e. The first-order chi connectivity index (χ1) is 12.5. The maximum absolute atomic E-state index is 12.9. The van der Waals surface area contributed by atoms with Crippen molar-refractivity contribution in [3.8, 4) is 10.6 Å². The van der Waals surface area contributed by atoms with Crippen LogP contribution in [0, 0.1) is 12.8 Å². The number of carbonyl (C=O) groups excluding carboxylic acids is 1. The third-order valence-corrected chi connectivity index (χ3v) is 5.73. The van der Waals surface area contributed by atoms with E-state index in [-0.39, 0.29) is 36.8 Å². The fourth-order valence-electron chi connectivity index (χ4n) is 3.11. The van der Waals surface area contributed by atoms with E-state index < -0.39 is 0 Å². The molecule has 28 heavy (non-hydrogen) atoms. The third kappa shape index (κ3) is 4.33. The lowest BCUT2D eigenvalue weighted by atomic mass is 10.0. The number of amides is 1. The topological polar surface area (TPSA) is 71.8 Å². The third-order valence-electron chi connectivity index (χ3n) is 4.71. The fraction of sp³-hybridized carbons (Fsp3) is 0.421. The van der Waals surface area contributed by atoms with Crippen LogP contribution in [0.2, 0.25) is 0 Å². The maximum Gasteiger partial charge on any atom is 0.252 e. The highest BCUT2D eigenvalue weighted by atomic mass is 35.5. The van der Waals surface area contributed by atoms with Crippen LogP contribution in [-0.2, 0) is 0 Å². The summed E-state index contributed by atoms with van der Waals surface area (Å²) < 4.78 is 1.88. The predicted octanol–water partition coefficient (Wildman–Crippen LogP) is 3.84. The first-order valence-corrected chi connectivity index (χ1v) is 9.78. The summed E-state index contributed by atoms with van der Waals surface area (Å²) in [5.41, 5.74) is 2.24. The summed E-state index contributed by atoms with van der Waals surface area (Å²) in [4.78, 5) is 20.0. The number of nitrogens with zero attached hydrogens (tertiary/aromatic N) is 3. The van der Waals surface area contributed by atoms with E-state index in [1.165, 1.54) is 4.88 Å². The lowest BCUT2D eigenvalue weighted by molar-refractivity contribution is 0.0944. The van der Waals surface area contributed by atoms with Crippen LogP contribution in [0.4, 0.5) is 0 Å². The molecular formula is C19H25Cl2N5OS. The van der Waals surface area contributed by atoms with Crippen LogP contribution < -0.4 is 10.6 Å². The molecule has 1 amide bonds. The number of aromatic nitrogens is 3. The Morgan fingerprint density at radius 3 is 2.68 bits per heavy atom. The van der Waals surface area contributed by atoms with Gasteiger partial charge in [0, 0.05) is 36.5 Å². The van der Waals surface area contributed by atoms with Gasteiger partial charge in [0.15, 0.2) is 5.65 Å². The van der Waals surface area contributed by atoms with Gasteiger partial charge in [-0.3, -0.25) is 4.79 Å². The van der Waals surface area contributed by atoms with E-state index in [9.17, 15) is 4.79 Å². The van der Waals surface area contributed by atoms with E-state index in [0.29, 0.717) is 18.0 Å². The standard InChI is InChI=1S/C19H23N5OS.2ClH/c1-11(2)24-18-15(10-22-24)14(19(25)21-9-13-7-20-8-13)6-16(23-18)17-5-4-12(3)26-17;;/h4-6,10-11,13,20H,7-9H2,1-3H3,(H,21,25);2*1H. The highest BCUT2D eigenvalue weighted by Crippen LogP contribution is 2.30. The summed E-state index contributed by atoms with van der Waals surface area (Å²) in [5.74, 6) is 0.469. The number of thiophene rings is 1. The van der Waals surface area contributed by atoms with Crippen LogP contribution in [0.15, 0.2) is 24.4 Å². The van der Waals surface area contributed by atoms with Crippen molar-refractivity contribution in [1.82, 2.24) is 25.4 Å². The molecule has 152 valence electrons. The highest BCUT2D eigenvalue weighted by Gasteiger charge is 2.21. The molecule has 0 aliphatic carbocycles. The molecule has 9 heteroatoms. The second-order valence-corrected chi connectivity index (χ2v) is 8.41. The van der Waals surface area contributed by atoms with Crippen molar-refractivity contribution in [2.45, 2.75) is 26.8 Å². The summed E-state index contributed by atoms with van der Waals surface area (Å²) in [6.07, 6.45) is 1.76. The lowest BCUT2D eigenvalue weighted by Crippen LogP contribution is -2.48. The Labute approximate surface area is 180 Å². The van der Waals surface area contributed by atoms with Crippen molar-refractivity contribution in [2.24, 2.45) is 5.92 Å². The van der Waals surface area contributed by atoms with Gasteiger partial charge in [-0.1, -0.05) is 0 Å². The number of rotatable bonds is 5. The zero-order chi connectivity index (χ0) is 18.3. The number of aryl methyl sites for hydroxylation is 1. The molecule has 0 unspecified atom stereocenters. The SMILES string of the molecule is Cc1ccc(-c2cc(C(=O)NCC3CNC3)c3cnn(C(C)C)c3n2)s1.Cl.Cl. The molecule has 1 aliphatic rings. The maximum atomic E-state index is 12.9. The molecule has 1 fully saturated rings. The number of hydrogen-bond donors (Lipinski definition) is 2. The van der Waals surface area contributed by atoms with Crippen molar-refractivity contribution in [3.05, 3.63) is 34.8 Å². The van der Waals surface area contributed by atoms with E-state index in [1.54, 1.807) is 17.5 Å². The van der Waals surface area contributed by atoms with Crippen LogP contribution in [0.5, 0.6) is 0 Å². The summed E-state index contributed by atoms with van der Waals surface area (Å²) in [6, 6.07) is 6.21. The van der Waals surface area contributed by atoms with Gasteiger partial charge in [-0.15, -0.1) is 36.2 Å². The van der Waals surface area contributed by atoms with Gasteiger partial charge in [-0.25, -0.2) is 9.67 Å². The molecular weight excluding hydrogens is 417 g/mol. The summed E-state index contributed by atoms with van der Waals surface area (Å²) in [6.45, 7) is 8.85. The van der Waals surface area contributed by atoms with Crippen molar-refractivity contribution < 1.29 is 4.79 Å². The summed E-state index contributed by atoms with van der Waals surface area (Å²) in [7, 11) is 0. The molecule has 0 bridgehead atoms. The summed E-state index contributed by atoms with van der Waals surface area (Å²) in [5, 5.41) is 11.6. The molecule has 3 aromatic rings. The Kier molecular flexibility index (Phi) is 7.45. The van der Waals surface area contributed by atoms with E-state index in [4.69, 9.17) is 4.98 Å². The first kappa shape index (κ1) is 22.6. The summed E-state index contributed by atoms with van der Waals surface area (Å²) >= 11 is 1.69. The van der Waals surface area contributed by atoms with Gasteiger partial charge in [-0.05, 0) is 39.0 Å². The lowest BCUT2D eigenvalue weighted by Gasteiger charge is -2.27. The van der Waals surface area contributed by atoms with Crippen molar-refractivity contribution >= 4 is 53.1 Å². The van der Waals surface area contributed by atoms with E-state index in [0.717, 1.165) is 34.7 Å². The zero-order valence-electron chi connectivity index (χ0n) is 16.1. The van der Waals surface area contributed by atoms with Crippen LogP contribution in [-0.4, -0.2) is 40.3 Å². The Hall–Kier alpha value is -1.67. The van der Waals surface area contributed by atoms with Gasteiger partial charge in [0.25, 0.3) is 5.91 Å². The average Bonchev–Trinajstić information content (AvgIpc) is 3.18. The second kappa shape index (κ2) is 9.22. The predicted molar refractivity (Wildman–Crippen MR) is 119 cm³/mol. The molecule has 0 atom stereocenters. The molecule has 4 rings (SSSR count). The first-order valence-electron chi connectivity index (χ1n) is 8.97. The number of carbonyl (C=O) groups is 1. The van der Waals surface area contributed by atoms with Gasteiger partial charge in [0.2, 0.25) is 0 Å². The molecule has 4 heterocycles. The van der Waals surface area contributed by atoms with Gasteiger partial charge in [0.1, 0.15) is 0 Å². The quantitative estimate of drug-likeness (QED) is 0.630. The molecule has 1 saturated heterocycles. The molecule has 0 aromatic carbocycles. The van der Waals surface area contributed by atoms with Crippen LogP contribution >= 0.6 is 36.2 Å². The minimum atomic E-state index is -0.0536. The van der Waals surface area contributed by atoms with Crippen molar-refractivity contribution in [1.29, 1.82) is 0 Å². The molecule has 0 spiro atoms. The number of nitrogens with one attached hydrogen (secondary N) is 2. The van der Waals surface area contributed by atoms with E-state index in [2.05, 4.69) is 48.6 Å². The van der Waals surface area contributed by atoms with Gasteiger partial charge in [0.05, 0.1) is 27.7 Å². The molecule has 2 N–H and O–H groups in total. The van der Waals surface area contributed by atoms with Crippen molar-refractivity contribution in [3.63, 3.8) is 0 Å². The highest BCUT2D eigenvalue weighted by molar-refractivity contribution is 7.15. The minimum absolute atomic E-state index is 0. The van der Waals surface area contributed by atoms with Crippen LogP contribution in [0.1, 0.15) is 35.1 Å². The smallest absolute Gasteiger partial charge is 0.252 e. The Morgan fingerprint density at radius 1 is 1.36 bits per heavy atom. The molecule has 6 nitrogen and oxygen atoms in total. The van der Waals surface area contributed by atoms with Crippen molar-refractivity contribution in [2.75, 3.05) is 19.6 Å². The number of hydrogen-bond acceptors (Lipinski definition) is 5. The average molecular weight is 442 g/mol. The normalized spacial score (nSPS) is 13.7. The van der Waals surface area contributed by atoms with Crippen LogP contribution in [0.3, 0.4) is 0 Å². The molecule has 3 aromatic heterocycles. The van der Waals surface area contributed by atoms with Gasteiger partial charge in [-0.2, -0.15) is 5.10 Å². The Morgan fingerprint density at radius 2 is 2.11 bits per heavy atom. The van der Waals surface area contributed by atoms with Crippen LogP contribution in [0.25, 0.3) is 21.6 Å². The van der Waals surface area contributed by atoms with Gasteiger partial charge >= 0.3 is 0 Å².